The lowest BCUT2D eigenvalue weighted by molar-refractivity contribution is -0.147. The summed E-state index contributed by atoms with van der Waals surface area (Å²) in [6.07, 6.45) is 7.35. The van der Waals surface area contributed by atoms with E-state index >= 15 is 0 Å². The molecule has 25 heavy (non-hydrogen) atoms. The molecule has 0 bridgehead atoms. The van der Waals surface area contributed by atoms with Crippen LogP contribution in [0.25, 0.3) is 11.0 Å². The lowest BCUT2D eigenvalue weighted by atomic mass is 9.78. The van der Waals surface area contributed by atoms with Crippen molar-refractivity contribution in [1.29, 1.82) is 0 Å². The fourth-order valence-electron chi connectivity index (χ4n) is 4.32. The Morgan fingerprint density at radius 1 is 1.04 bits per heavy atom. The SMILES string of the molecule is O=C(Nc1ccc2oc3c(c2c1)CCCC3)[C@H]1CCCC[C@H]1C(=O)O. The second-order valence-electron chi connectivity index (χ2n) is 7.25. The van der Waals surface area contributed by atoms with Crippen molar-refractivity contribution in [2.45, 2.75) is 51.4 Å². The summed E-state index contributed by atoms with van der Waals surface area (Å²) in [5, 5.41) is 13.4. The fourth-order valence-corrected chi connectivity index (χ4v) is 4.32. The number of carbonyl (C=O) groups excluding carboxylic acids is 1. The number of hydrogen-bond acceptors (Lipinski definition) is 3. The molecule has 5 nitrogen and oxygen atoms in total. The number of benzene rings is 1. The van der Waals surface area contributed by atoms with Gasteiger partial charge in [0.2, 0.25) is 5.91 Å². The number of fused-ring (bicyclic) bond motifs is 3. The molecule has 1 aromatic carbocycles. The van der Waals surface area contributed by atoms with E-state index in [9.17, 15) is 14.7 Å². The van der Waals surface area contributed by atoms with Crippen LogP contribution in [0.5, 0.6) is 0 Å². The molecule has 2 aliphatic carbocycles. The summed E-state index contributed by atoms with van der Waals surface area (Å²) in [7, 11) is 0. The maximum absolute atomic E-state index is 12.6. The Bertz CT molecular complexity index is 822. The van der Waals surface area contributed by atoms with Gasteiger partial charge in [0.25, 0.3) is 0 Å². The van der Waals surface area contributed by atoms with Crippen molar-refractivity contribution in [2.24, 2.45) is 11.8 Å². The number of hydrogen-bond donors (Lipinski definition) is 2. The first-order valence-corrected chi connectivity index (χ1v) is 9.21. The van der Waals surface area contributed by atoms with Gasteiger partial charge in [-0.05, 0) is 50.3 Å². The molecule has 2 aliphatic rings. The Hall–Kier alpha value is -2.30. The van der Waals surface area contributed by atoms with Crippen molar-refractivity contribution >= 4 is 28.5 Å². The molecule has 2 aromatic rings. The van der Waals surface area contributed by atoms with Gasteiger partial charge in [-0.1, -0.05) is 12.8 Å². The van der Waals surface area contributed by atoms with Gasteiger partial charge < -0.3 is 14.8 Å². The summed E-state index contributed by atoms with van der Waals surface area (Å²) < 4.78 is 5.92. The zero-order valence-corrected chi connectivity index (χ0v) is 14.2. The Labute approximate surface area is 146 Å². The first-order chi connectivity index (χ1) is 12.1. The number of aryl methyl sites for hydroxylation is 2. The number of carbonyl (C=O) groups is 2. The van der Waals surface area contributed by atoms with E-state index in [1.54, 1.807) is 0 Å². The van der Waals surface area contributed by atoms with Crippen molar-refractivity contribution in [2.75, 3.05) is 5.32 Å². The van der Waals surface area contributed by atoms with Crippen LogP contribution in [0.4, 0.5) is 5.69 Å². The van der Waals surface area contributed by atoms with Crippen LogP contribution in [0.3, 0.4) is 0 Å². The predicted molar refractivity (Wildman–Crippen MR) is 94.6 cm³/mol. The summed E-state index contributed by atoms with van der Waals surface area (Å²) in [5.41, 5.74) is 2.85. The minimum atomic E-state index is -0.862. The van der Waals surface area contributed by atoms with Gasteiger partial charge in [0, 0.05) is 23.1 Å². The zero-order valence-electron chi connectivity index (χ0n) is 14.2. The lowest BCUT2D eigenvalue weighted by Gasteiger charge is -2.27. The van der Waals surface area contributed by atoms with E-state index in [4.69, 9.17) is 4.42 Å². The molecule has 1 fully saturated rings. The molecule has 0 radical (unpaired) electrons. The van der Waals surface area contributed by atoms with E-state index in [1.165, 1.54) is 12.0 Å². The minimum Gasteiger partial charge on any atom is -0.481 e. The van der Waals surface area contributed by atoms with Gasteiger partial charge in [0.15, 0.2) is 0 Å². The molecule has 1 aromatic heterocycles. The molecule has 132 valence electrons. The highest BCUT2D eigenvalue weighted by molar-refractivity contribution is 5.97. The van der Waals surface area contributed by atoms with E-state index in [-0.39, 0.29) is 5.91 Å². The smallest absolute Gasteiger partial charge is 0.307 e. The number of anilines is 1. The van der Waals surface area contributed by atoms with Crippen LogP contribution in [0.1, 0.15) is 49.8 Å². The average Bonchev–Trinajstić information content (AvgIpc) is 2.99. The zero-order chi connectivity index (χ0) is 17.4. The molecule has 0 saturated heterocycles. The lowest BCUT2D eigenvalue weighted by Crippen LogP contribution is -2.36. The van der Waals surface area contributed by atoms with Gasteiger partial charge in [0.1, 0.15) is 11.3 Å². The van der Waals surface area contributed by atoms with Crippen LogP contribution >= 0.6 is 0 Å². The first-order valence-electron chi connectivity index (χ1n) is 9.21. The Morgan fingerprint density at radius 3 is 2.60 bits per heavy atom. The van der Waals surface area contributed by atoms with Crippen molar-refractivity contribution in [3.63, 3.8) is 0 Å². The highest BCUT2D eigenvalue weighted by atomic mass is 16.4. The third-order valence-corrected chi connectivity index (χ3v) is 5.64. The molecular formula is C20H23NO4. The van der Waals surface area contributed by atoms with E-state index in [0.29, 0.717) is 12.8 Å². The molecule has 1 saturated carbocycles. The number of aliphatic carboxylic acids is 1. The van der Waals surface area contributed by atoms with Crippen LogP contribution in [0, 0.1) is 11.8 Å². The van der Waals surface area contributed by atoms with E-state index in [1.807, 2.05) is 18.2 Å². The minimum absolute atomic E-state index is 0.177. The van der Waals surface area contributed by atoms with E-state index in [2.05, 4.69) is 5.32 Å². The maximum atomic E-state index is 12.6. The summed E-state index contributed by atoms with van der Waals surface area (Å²) in [5.74, 6) is -0.981. The van der Waals surface area contributed by atoms with Crippen LogP contribution in [0.2, 0.25) is 0 Å². The van der Waals surface area contributed by atoms with Gasteiger partial charge in [-0.25, -0.2) is 0 Å². The molecule has 2 N–H and O–H groups in total. The summed E-state index contributed by atoms with van der Waals surface area (Å²) in [4.78, 5) is 24.1. The second-order valence-corrected chi connectivity index (χ2v) is 7.25. The Balaban J connectivity index is 1.57. The van der Waals surface area contributed by atoms with Gasteiger partial charge in [0.05, 0.1) is 11.8 Å². The van der Waals surface area contributed by atoms with E-state index < -0.39 is 17.8 Å². The maximum Gasteiger partial charge on any atom is 0.307 e. The van der Waals surface area contributed by atoms with Gasteiger partial charge in [-0.2, -0.15) is 0 Å². The third-order valence-electron chi connectivity index (χ3n) is 5.64. The Morgan fingerprint density at radius 2 is 1.80 bits per heavy atom. The van der Waals surface area contributed by atoms with Crippen molar-refractivity contribution in [3.05, 3.63) is 29.5 Å². The highest BCUT2D eigenvalue weighted by Gasteiger charge is 2.35. The molecule has 0 aliphatic heterocycles. The van der Waals surface area contributed by atoms with Crippen LogP contribution in [-0.2, 0) is 22.4 Å². The number of furan rings is 1. The number of carboxylic acids is 1. The quantitative estimate of drug-likeness (QED) is 0.879. The normalized spacial score (nSPS) is 23.2. The van der Waals surface area contributed by atoms with Crippen molar-refractivity contribution in [3.8, 4) is 0 Å². The molecule has 0 unspecified atom stereocenters. The molecule has 0 spiro atoms. The van der Waals surface area contributed by atoms with Crippen LogP contribution in [0.15, 0.2) is 22.6 Å². The van der Waals surface area contributed by atoms with E-state index in [0.717, 1.165) is 54.5 Å². The first kappa shape index (κ1) is 16.2. The molecule has 2 atom stereocenters. The average molecular weight is 341 g/mol. The predicted octanol–water partition coefficient (Wildman–Crippen LogP) is 4.14. The van der Waals surface area contributed by atoms with Crippen LogP contribution < -0.4 is 5.32 Å². The Kier molecular flexibility index (Phi) is 4.24. The van der Waals surface area contributed by atoms with Crippen molar-refractivity contribution in [1.82, 2.24) is 0 Å². The number of amides is 1. The van der Waals surface area contributed by atoms with Gasteiger partial charge in [-0.3, -0.25) is 9.59 Å². The third kappa shape index (κ3) is 3.03. The molecule has 1 heterocycles. The topological polar surface area (TPSA) is 79.5 Å². The summed E-state index contributed by atoms with van der Waals surface area (Å²) in [6.45, 7) is 0. The summed E-state index contributed by atoms with van der Waals surface area (Å²) in [6, 6.07) is 5.71. The standard InChI is InChI=1S/C20H23NO4/c22-19(14-6-1-2-7-15(14)20(23)24)21-12-9-10-18-16(11-12)13-5-3-4-8-17(13)25-18/h9-11,14-15H,1-8H2,(H,21,22)(H,23,24)/t14-,15+/m0/s1. The summed E-state index contributed by atoms with van der Waals surface area (Å²) >= 11 is 0. The van der Waals surface area contributed by atoms with Crippen LogP contribution in [-0.4, -0.2) is 17.0 Å². The number of nitrogens with one attached hydrogen (secondary N) is 1. The number of rotatable bonds is 3. The molecule has 5 heteroatoms. The van der Waals surface area contributed by atoms with Gasteiger partial charge in [-0.15, -0.1) is 0 Å². The monoisotopic (exact) mass is 341 g/mol. The molecule has 1 amide bonds. The highest BCUT2D eigenvalue weighted by Crippen LogP contribution is 2.35. The largest absolute Gasteiger partial charge is 0.481 e. The molecule has 4 rings (SSSR count). The van der Waals surface area contributed by atoms with Gasteiger partial charge >= 0.3 is 5.97 Å². The fraction of sp³-hybridized carbons (Fsp3) is 0.500. The number of carboxylic acid groups (broad SMARTS) is 1. The second kappa shape index (κ2) is 6.54. The molecular weight excluding hydrogens is 318 g/mol. The van der Waals surface area contributed by atoms with Crippen molar-refractivity contribution < 1.29 is 19.1 Å².